The van der Waals surface area contributed by atoms with Crippen molar-refractivity contribution in [3.63, 3.8) is 0 Å². The van der Waals surface area contributed by atoms with Crippen molar-refractivity contribution in [3.05, 3.63) is 69.5 Å². The van der Waals surface area contributed by atoms with Crippen LogP contribution in [-0.2, 0) is 6.54 Å². The number of halogens is 1. The van der Waals surface area contributed by atoms with Crippen LogP contribution < -0.4 is 11.1 Å². The van der Waals surface area contributed by atoms with Gasteiger partial charge in [-0.15, -0.1) is 0 Å². The maximum absolute atomic E-state index is 13.1. The Morgan fingerprint density at radius 2 is 2.05 bits per heavy atom. The van der Waals surface area contributed by atoms with Crippen molar-refractivity contribution in [2.24, 2.45) is 0 Å². The number of nitro groups is 1. The van der Waals surface area contributed by atoms with Gasteiger partial charge in [-0.05, 0) is 23.8 Å². The molecule has 3 N–H and O–H groups in total. The number of nitrogens with zero attached hydrogens (tertiary/aromatic N) is 1. The van der Waals surface area contributed by atoms with Crippen LogP contribution in [0, 0.1) is 15.9 Å². The van der Waals surface area contributed by atoms with Gasteiger partial charge in [0.2, 0.25) is 0 Å². The molecule has 2 aromatic rings. The fraction of sp³-hybridized carbons (Fsp3) is 0.0714. The van der Waals surface area contributed by atoms with Crippen LogP contribution in [-0.4, -0.2) is 10.8 Å². The molecule has 0 heterocycles. The summed E-state index contributed by atoms with van der Waals surface area (Å²) in [5.41, 5.74) is 6.29. The molecular formula is C14H12FN3O3. The molecule has 0 spiro atoms. The summed E-state index contributed by atoms with van der Waals surface area (Å²) >= 11 is 0. The quantitative estimate of drug-likeness (QED) is 0.512. The molecule has 0 aliphatic rings. The maximum atomic E-state index is 13.1. The van der Waals surface area contributed by atoms with Gasteiger partial charge in [0.25, 0.3) is 11.6 Å². The Morgan fingerprint density at radius 3 is 2.76 bits per heavy atom. The first kappa shape index (κ1) is 14.4. The molecule has 0 saturated heterocycles. The molecule has 108 valence electrons. The summed E-state index contributed by atoms with van der Waals surface area (Å²) < 4.78 is 13.1. The SMILES string of the molecule is Nc1ccc(F)cc1C(=O)NCc1cccc([N+](=O)[O-])c1. The summed E-state index contributed by atoms with van der Waals surface area (Å²) in [4.78, 5) is 22.1. The molecule has 0 unspecified atom stereocenters. The molecule has 2 aromatic carbocycles. The zero-order chi connectivity index (χ0) is 15.4. The highest BCUT2D eigenvalue weighted by molar-refractivity contribution is 5.99. The van der Waals surface area contributed by atoms with Crippen LogP contribution in [0.25, 0.3) is 0 Å². The van der Waals surface area contributed by atoms with Crippen molar-refractivity contribution in [3.8, 4) is 0 Å². The normalized spacial score (nSPS) is 10.1. The molecule has 21 heavy (non-hydrogen) atoms. The third kappa shape index (κ3) is 3.53. The standard InChI is InChI=1S/C14H12FN3O3/c15-10-4-5-13(16)12(7-10)14(19)17-8-9-2-1-3-11(6-9)18(20)21/h1-7H,8,16H2,(H,17,19). The Hall–Kier alpha value is -2.96. The molecule has 0 aliphatic carbocycles. The fourth-order valence-electron chi connectivity index (χ4n) is 1.78. The minimum atomic E-state index is -0.565. The lowest BCUT2D eigenvalue weighted by Gasteiger charge is -2.07. The number of nitrogens with one attached hydrogen (secondary N) is 1. The van der Waals surface area contributed by atoms with E-state index in [4.69, 9.17) is 5.73 Å². The first-order chi connectivity index (χ1) is 9.97. The van der Waals surface area contributed by atoms with E-state index in [1.165, 1.54) is 24.3 Å². The van der Waals surface area contributed by atoms with Crippen molar-refractivity contribution < 1.29 is 14.1 Å². The average Bonchev–Trinajstić information content (AvgIpc) is 2.47. The van der Waals surface area contributed by atoms with Gasteiger partial charge >= 0.3 is 0 Å². The zero-order valence-electron chi connectivity index (χ0n) is 10.9. The Bertz CT molecular complexity index is 704. The summed E-state index contributed by atoms with van der Waals surface area (Å²) in [5, 5.41) is 13.2. The number of nitrogens with two attached hydrogens (primary N) is 1. The predicted octanol–water partition coefficient (Wildman–Crippen LogP) is 2.25. The van der Waals surface area contributed by atoms with Crippen LogP contribution in [0.5, 0.6) is 0 Å². The lowest BCUT2D eigenvalue weighted by Crippen LogP contribution is -2.24. The average molecular weight is 289 g/mol. The highest BCUT2D eigenvalue weighted by Crippen LogP contribution is 2.15. The van der Waals surface area contributed by atoms with E-state index >= 15 is 0 Å². The molecule has 0 saturated carbocycles. The molecule has 0 aliphatic heterocycles. The van der Waals surface area contributed by atoms with Gasteiger partial charge in [0.15, 0.2) is 0 Å². The lowest BCUT2D eigenvalue weighted by atomic mass is 10.1. The number of nitrogen functional groups attached to an aromatic ring is 1. The number of hydrogen-bond acceptors (Lipinski definition) is 4. The van der Waals surface area contributed by atoms with E-state index in [-0.39, 0.29) is 23.5 Å². The van der Waals surface area contributed by atoms with Gasteiger partial charge in [-0.25, -0.2) is 4.39 Å². The van der Waals surface area contributed by atoms with Crippen molar-refractivity contribution in [1.82, 2.24) is 5.32 Å². The largest absolute Gasteiger partial charge is 0.398 e. The summed E-state index contributed by atoms with van der Waals surface area (Å²) in [6.07, 6.45) is 0. The molecule has 1 amide bonds. The van der Waals surface area contributed by atoms with E-state index in [0.29, 0.717) is 5.56 Å². The van der Waals surface area contributed by atoms with Crippen LogP contribution in [0.2, 0.25) is 0 Å². The third-order valence-electron chi connectivity index (χ3n) is 2.83. The summed E-state index contributed by atoms with van der Waals surface area (Å²) in [6.45, 7) is 0.0798. The minimum absolute atomic E-state index is 0.0282. The van der Waals surface area contributed by atoms with Crippen LogP contribution in [0.1, 0.15) is 15.9 Å². The molecule has 0 bridgehead atoms. The number of benzene rings is 2. The minimum Gasteiger partial charge on any atom is -0.398 e. The van der Waals surface area contributed by atoms with Gasteiger partial charge < -0.3 is 11.1 Å². The number of nitro benzene ring substituents is 1. The number of hydrogen-bond donors (Lipinski definition) is 2. The molecule has 2 rings (SSSR count). The molecular weight excluding hydrogens is 277 g/mol. The van der Waals surface area contributed by atoms with Crippen molar-refractivity contribution in [2.45, 2.75) is 6.54 Å². The van der Waals surface area contributed by atoms with Gasteiger partial charge in [-0.3, -0.25) is 14.9 Å². The Morgan fingerprint density at radius 1 is 1.29 bits per heavy atom. The molecule has 0 radical (unpaired) electrons. The van der Waals surface area contributed by atoms with Crippen molar-refractivity contribution >= 4 is 17.3 Å². The number of amides is 1. The van der Waals surface area contributed by atoms with E-state index in [0.717, 1.165) is 12.1 Å². The number of non-ortho nitro benzene ring substituents is 1. The molecule has 0 fully saturated rings. The van der Waals surface area contributed by atoms with E-state index < -0.39 is 16.6 Å². The summed E-state index contributed by atoms with van der Waals surface area (Å²) in [5.74, 6) is -1.11. The second-order valence-corrected chi connectivity index (χ2v) is 4.34. The first-order valence-corrected chi connectivity index (χ1v) is 6.04. The second kappa shape index (κ2) is 6.00. The number of carbonyl (C=O) groups excluding carboxylic acids is 1. The van der Waals surface area contributed by atoms with Gasteiger partial charge in [0.05, 0.1) is 10.5 Å². The van der Waals surface area contributed by atoms with Crippen LogP contribution in [0.4, 0.5) is 15.8 Å². The highest BCUT2D eigenvalue weighted by Gasteiger charge is 2.11. The van der Waals surface area contributed by atoms with Crippen LogP contribution in [0.15, 0.2) is 42.5 Å². The van der Waals surface area contributed by atoms with E-state index in [9.17, 15) is 19.3 Å². The molecule has 0 aromatic heterocycles. The van der Waals surface area contributed by atoms with E-state index in [1.807, 2.05) is 0 Å². The Kier molecular flexibility index (Phi) is 4.13. The third-order valence-corrected chi connectivity index (χ3v) is 2.83. The van der Waals surface area contributed by atoms with E-state index in [1.54, 1.807) is 6.07 Å². The van der Waals surface area contributed by atoms with Gasteiger partial charge in [0, 0.05) is 24.4 Å². The number of anilines is 1. The topological polar surface area (TPSA) is 98.3 Å². The van der Waals surface area contributed by atoms with Crippen LogP contribution in [0.3, 0.4) is 0 Å². The Labute approximate surface area is 119 Å². The zero-order valence-corrected chi connectivity index (χ0v) is 10.9. The predicted molar refractivity (Wildman–Crippen MR) is 75.1 cm³/mol. The summed E-state index contributed by atoms with van der Waals surface area (Å²) in [6, 6.07) is 9.38. The van der Waals surface area contributed by atoms with Gasteiger partial charge in [-0.2, -0.15) is 0 Å². The van der Waals surface area contributed by atoms with Crippen molar-refractivity contribution in [2.75, 3.05) is 5.73 Å². The lowest BCUT2D eigenvalue weighted by molar-refractivity contribution is -0.384. The smallest absolute Gasteiger partial charge is 0.269 e. The highest BCUT2D eigenvalue weighted by atomic mass is 19.1. The second-order valence-electron chi connectivity index (χ2n) is 4.34. The maximum Gasteiger partial charge on any atom is 0.269 e. The summed E-state index contributed by atoms with van der Waals surface area (Å²) in [7, 11) is 0. The monoisotopic (exact) mass is 289 g/mol. The van der Waals surface area contributed by atoms with E-state index in [2.05, 4.69) is 5.32 Å². The molecule has 7 heteroatoms. The number of rotatable bonds is 4. The van der Waals surface area contributed by atoms with Crippen molar-refractivity contribution in [1.29, 1.82) is 0 Å². The first-order valence-electron chi connectivity index (χ1n) is 6.04. The van der Waals surface area contributed by atoms with Gasteiger partial charge in [-0.1, -0.05) is 12.1 Å². The Balaban J connectivity index is 2.09. The van der Waals surface area contributed by atoms with Gasteiger partial charge in [0.1, 0.15) is 5.82 Å². The molecule has 0 atom stereocenters. The fourth-order valence-corrected chi connectivity index (χ4v) is 1.78. The molecule has 6 nitrogen and oxygen atoms in total. The van der Waals surface area contributed by atoms with Crippen LogP contribution >= 0.6 is 0 Å². The number of carbonyl (C=O) groups is 1.